The lowest BCUT2D eigenvalue weighted by atomic mass is 9.67. The molecule has 0 saturated carbocycles. The minimum absolute atomic E-state index is 0.312. The van der Waals surface area contributed by atoms with Crippen molar-refractivity contribution in [1.29, 1.82) is 0 Å². The minimum Gasteiger partial charge on any atom is -0.344 e. The van der Waals surface area contributed by atoms with Crippen LogP contribution in [0.5, 0.6) is 0 Å². The molecule has 4 atom stereocenters. The van der Waals surface area contributed by atoms with Crippen molar-refractivity contribution in [2.24, 2.45) is 11.8 Å². The van der Waals surface area contributed by atoms with E-state index in [0.717, 1.165) is 43.2 Å². The largest absolute Gasteiger partial charge is 0.344 e. The molecular formula is C29H37N3O. The second-order valence-electron chi connectivity index (χ2n) is 11.0. The zero-order chi connectivity index (χ0) is 22.5. The van der Waals surface area contributed by atoms with Crippen LogP contribution in [0.25, 0.3) is 6.08 Å². The predicted molar refractivity (Wildman–Crippen MR) is 133 cm³/mol. The molecule has 0 bridgehead atoms. The third kappa shape index (κ3) is 3.86. The molecular weight excluding hydrogens is 406 g/mol. The van der Waals surface area contributed by atoms with Crippen LogP contribution in [0.4, 0.5) is 0 Å². The van der Waals surface area contributed by atoms with Crippen molar-refractivity contribution in [3.05, 3.63) is 64.5 Å². The molecule has 0 spiro atoms. The van der Waals surface area contributed by atoms with Gasteiger partial charge in [0, 0.05) is 42.6 Å². The van der Waals surface area contributed by atoms with Crippen LogP contribution in [0.15, 0.2) is 42.1 Å². The van der Waals surface area contributed by atoms with E-state index in [2.05, 4.69) is 70.8 Å². The summed E-state index contributed by atoms with van der Waals surface area (Å²) in [5.41, 5.74) is 6.08. The van der Waals surface area contributed by atoms with Gasteiger partial charge in [-0.25, -0.2) is 0 Å². The Morgan fingerprint density at radius 1 is 1.03 bits per heavy atom. The first-order chi connectivity index (χ1) is 16.1. The van der Waals surface area contributed by atoms with E-state index in [-0.39, 0.29) is 0 Å². The molecule has 1 aromatic heterocycles. The van der Waals surface area contributed by atoms with Gasteiger partial charge in [0.05, 0.1) is 0 Å². The van der Waals surface area contributed by atoms with E-state index >= 15 is 0 Å². The van der Waals surface area contributed by atoms with Gasteiger partial charge in [-0.15, -0.1) is 0 Å². The van der Waals surface area contributed by atoms with Crippen molar-refractivity contribution in [3.8, 4) is 0 Å². The van der Waals surface area contributed by atoms with Gasteiger partial charge in [-0.1, -0.05) is 29.3 Å². The number of carbonyl (C=O) groups excluding carboxylic acids is 1. The highest BCUT2D eigenvalue weighted by molar-refractivity contribution is 5.98. The second kappa shape index (κ2) is 8.47. The van der Waals surface area contributed by atoms with E-state index in [1.54, 1.807) is 0 Å². The van der Waals surface area contributed by atoms with Gasteiger partial charge in [-0.05, 0) is 101 Å². The van der Waals surface area contributed by atoms with Crippen LogP contribution in [-0.4, -0.2) is 52.0 Å². The van der Waals surface area contributed by atoms with E-state index < -0.39 is 0 Å². The van der Waals surface area contributed by atoms with Crippen molar-refractivity contribution in [3.63, 3.8) is 0 Å². The number of piperidine rings is 4. The summed E-state index contributed by atoms with van der Waals surface area (Å²) in [7, 11) is 0. The summed E-state index contributed by atoms with van der Waals surface area (Å²) in [6, 6.07) is 12.2. The Labute approximate surface area is 198 Å². The lowest BCUT2D eigenvalue weighted by Gasteiger charge is -2.58. The monoisotopic (exact) mass is 443 g/mol. The third-order valence-corrected chi connectivity index (χ3v) is 8.74. The van der Waals surface area contributed by atoms with Gasteiger partial charge in [-0.3, -0.25) is 9.69 Å². The van der Waals surface area contributed by atoms with E-state index in [9.17, 15) is 4.79 Å². The van der Waals surface area contributed by atoms with Gasteiger partial charge in [-0.2, -0.15) is 0 Å². The second-order valence-corrected chi connectivity index (χ2v) is 11.0. The number of hydrogen-bond acceptors (Lipinski definition) is 2. The van der Waals surface area contributed by atoms with Crippen molar-refractivity contribution < 1.29 is 4.79 Å². The lowest BCUT2D eigenvalue weighted by molar-refractivity contribution is -0.145. The van der Waals surface area contributed by atoms with Crippen molar-refractivity contribution in [2.45, 2.75) is 71.0 Å². The summed E-state index contributed by atoms with van der Waals surface area (Å²) < 4.78 is 2.28. The van der Waals surface area contributed by atoms with Crippen molar-refractivity contribution in [2.75, 3.05) is 19.6 Å². The maximum atomic E-state index is 13.7. The summed E-state index contributed by atoms with van der Waals surface area (Å²) >= 11 is 0. The van der Waals surface area contributed by atoms with Crippen LogP contribution in [0.2, 0.25) is 0 Å². The molecule has 33 heavy (non-hydrogen) atoms. The molecule has 0 unspecified atom stereocenters. The van der Waals surface area contributed by atoms with Gasteiger partial charge in [0.15, 0.2) is 0 Å². The molecule has 5 heterocycles. The molecule has 4 nitrogen and oxygen atoms in total. The topological polar surface area (TPSA) is 28.5 Å². The Morgan fingerprint density at radius 2 is 1.82 bits per heavy atom. The fourth-order valence-corrected chi connectivity index (χ4v) is 7.57. The third-order valence-electron chi connectivity index (χ3n) is 8.74. The number of hydrogen-bond donors (Lipinski definition) is 0. The molecule has 1 aromatic carbocycles. The maximum absolute atomic E-state index is 13.7. The van der Waals surface area contributed by atoms with Crippen molar-refractivity contribution >= 4 is 12.0 Å². The molecule has 4 aliphatic heterocycles. The zero-order valence-electron chi connectivity index (χ0n) is 20.2. The number of benzene rings is 1. The average molecular weight is 444 g/mol. The molecule has 174 valence electrons. The zero-order valence-corrected chi connectivity index (χ0v) is 20.2. The van der Waals surface area contributed by atoms with Crippen LogP contribution in [-0.2, 0) is 11.3 Å². The summed E-state index contributed by atoms with van der Waals surface area (Å²) in [6.07, 6.45) is 11.6. The van der Waals surface area contributed by atoms with Crippen LogP contribution < -0.4 is 0 Å². The van der Waals surface area contributed by atoms with E-state index in [1.165, 1.54) is 55.5 Å². The Morgan fingerprint density at radius 3 is 2.64 bits per heavy atom. The molecule has 0 N–H and O–H groups in total. The predicted octanol–water partition coefficient (Wildman–Crippen LogP) is 5.03. The molecule has 4 fully saturated rings. The van der Waals surface area contributed by atoms with Crippen LogP contribution in [0.3, 0.4) is 0 Å². The van der Waals surface area contributed by atoms with Crippen molar-refractivity contribution in [1.82, 2.24) is 14.4 Å². The number of fused-ring (bicyclic) bond motifs is 2. The number of rotatable bonds is 3. The normalized spacial score (nSPS) is 30.9. The first-order valence-electron chi connectivity index (χ1n) is 13.0. The number of aryl methyl sites for hydroxylation is 2. The maximum Gasteiger partial charge on any atom is 0.250 e. The van der Waals surface area contributed by atoms with Crippen LogP contribution >= 0.6 is 0 Å². The lowest BCUT2D eigenvalue weighted by Crippen LogP contribution is -2.66. The fraction of sp³-hybridized carbons (Fsp3) is 0.552. The van der Waals surface area contributed by atoms with Gasteiger partial charge in [0.2, 0.25) is 5.91 Å². The van der Waals surface area contributed by atoms with E-state index in [4.69, 9.17) is 0 Å². The van der Waals surface area contributed by atoms with Gasteiger partial charge in [0.1, 0.15) is 0 Å². The smallest absolute Gasteiger partial charge is 0.250 e. The number of amides is 1. The SMILES string of the molecule is Cc1cc(C)cc(Cn2cccc2/C=C2\CC[C@@H]3[C@H]4CCCN5CCC[C@H](CN3C2=O)[C@@H]45)c1. The Kier molecular flexibility index (Phi) is 5.44. The Balaban J connectivity index is 1.24. The van der Waals surface area contributed by atoms with Gasteiger partial charge < -0.3 is 9.47 Å². The highest BCUT2D eigenvalue weighted by Gasteiger charge is 2.51. The summed E-state index contributed by atoms with van der Waals surface area (Å²) in [5, 5.41) is 0. The highest BCUT2D eigenvalue weighted by atomic mass is 16.2. The fourth-order valence-electron chi connectivity index (χ4n) is 7.57. The molecule has 4 aliphatic rings. The molecule has 4 heteroatoms. The summed E-state index contributed by atoms with van der Waals surface area (Å²) in [4.78, 5) is 18.8. The van der Waals surface area contributed by atoms with Gasteiger partial charge in [0.25, 0.3) is 0 Å². The molecule has 6 rings (SSSR count). The van der Waals surface area contributed by atoms with Crippen LogP contribution in [0.1, 0.15) is 60.9 Å². The quantitative estimate of drug-likeness (QED) is 0.623. The van der Waals surface area contributed by atoms with E-state index in [0.29, 0.717) is 23.8 Å². The summed E-state index contributed by atoms with van der Waals surface area (Å²) in [5.74, 6) is 1.68. The molecule has 2 aromatic rings. The summed E-state index contributed by atoms with van der Waals surface area (Å²) in [6.45, 7) is 8.70. The number of nitrogens with zero attached hydrogens (tertiary/aromatic N) is 3. The minimum atomic E-state index is 0.312. The molecule has 0 radical (unpaired) electrons. The average Bonchev–Trinajstić information content (AvgIpc) is 3.22. The van der Waals surface area contributed by atoms with E-state index in [1.807, 2.05) is 0 Å². The molecule has 0 aliphatic carbocycles. The highest BCUT2D eigenvalue weighted by Crippen LogP contribution is 2.45. The van der Waals surface area contributed by atoms with Crippen LogP contribution in [0, 0.1) is 25.7 Å². The standard InChI is InChI=1S/C29H37N3O/c1-20-14-21(2)16-22(15-20)18-31-13-4-7-25(31)17-23-9-10-27-26-8-5-12-30-11-3-6-24(28(26)30)19-32(27)29(23)33/h4,7,13-17,24,26-28H,3,5-6,8-12,18-19H2,1-2H3/b23-17+/t24-,26-,27-,28+/m1/s1. The number of carbonyl (C=O) groups is 1. The number of aromatic nitrogens is 1. The Bertz CT molecular complexity index is 1060. The first kappa shape index (κ1) is 21.2. The van der Waals surface area contributed by atoms with Gasteiger partial charge >= 0.3 is 0 Å². The molecule has 4 saturated heterocycles. The molecule has 1 amide bonds. The Hall–Kier alpha value is -2.33. The first-order valence-corrected chi connectivity index (χ1v) is 13.0.